The van der Waals surface area contributed by atoms with Crippen LogP contribution in [0.2, 0.25) is 0 Å². The van der Waals surface area contributed by atoms with Gasteiger partial charge in [0.25, 0.3) is 0 Å². The first-order valence-electron chi connectivity index (χ1n) is 6.58. The molecule has 0 amide bonds. The highest BCUT2D eigenvalue weighted by atomic mass is 79.9. The lowest BCUT2D eigenvalue weighted by atomic mass is 9.99. The highest BCUT2D eigenvalue weighted by Crippen LogP contribution is 2.29. The van der Waals surface area contributed by atoms with Gasteiger partial charge < -0.3 is 4.90 Å². The summed E-state index contributed by atoms with van der Waals surface area (Å²) in [4.78, 5) is 5.22. The number of hydrogen-bond acceptors (Lipinski definition) is 2. The molecule has 0 N–H and O–H groups in total. The normalized spacial score (nSPS) is 25.7. The van der Waals surface area contributed by atoms with E-state index < -0.39 is 0 Å². The quantitative estimate of drug-likeness (QED) is 0.785. The molecule has 0 spiro atoms. The van der Waals surface area contributed by atoms with Crippen molar-refractivity contribution in [2.45, 2.75) is 25.3 Å². The predicted octanol–water partition coefficient (Wildman–Crippen LogP) is 3.12. The third kappa shape index (κ3) is 2.36. The van der Waals surface area contributed by atoms with Crippen molar-refractivity contribution < 1.29 is 0 Å². The molecule has 2 aliphatic rings. The molecule has 2 nitrogen and oxygen atoms in total. The highest BCUT2D eigenvalue weighted by Gasteiger charge is 2.29. The van der Waals surface area contributed by atoms with Gasteiger partial charge in [-0.2, -0.15) is 0 Å². The summed E-state index contributed by atoms with van der Waals surface area (Å²) in [6, 6.07) is 9.37. The molecule has 3 rings (SSSR count). The van der Waals surface area contributed by atoms with Gasteiger partial charge in [-0.25, -0.2) is 0 Å². The lowest BCUT2D eigenvalue weighted by Crippen LogP contribution is -2.54. The van der Waals surface area contributed by atoms with Crippen LogP contribution < -0.4 is 4.90 Å². The molecule has 92 valence electrons. The topological polar surface area (TPSA) is 6.48 Å². The monoisotopic (exact) mass is 294 g/mol. The van der Waals surface area contributed by atoms with Crippen LogP contribution in [0, 0.1) is 0 Å². The average molecular weight is 295 g/mol. The van der Waals surface area contributed by atoms with E-state index in [1.807, 2.05) is 0 Å². The summed E-state index contributed by atoms with van der Waals surface area (Å²) < 4.78 is 1.23. The Balaban J connectivity index is 1.76. The van der Waals surface area contributed by atoms with Gasteiger partial charge in [0, 0.05) is 30.1 Å². The van der Waals surface area contributed by atoms with E-state index in [0.717, 1.165) is 6.04 Å². The van der Waals surface area contributed by atoms with E-state index in [1.165, 1.54) is 55.6 Å². The van der Waals surface area contributed by atoms with Crippen LogP contribution in [0.4, 0.5) is 5.69 Å². The van der Waals surface area contributed by atoms with Gasteiger partial charge in [-0.15, -0.1) is 0 Å². The van der Waals surface area contributed by atoms with Crippen LogP contribution in [0.1, 0.15) is 19.3 Å². The van der Waals surface area contributed by atoms with Gasteiger partial charge in [0.2, 0.25) is 0 Å². The Bertz CT molecular complexity index is 394. The van der Waals surface area contributed by atoms with Crippen LogP contribution in [-0.2, 0) is 0 Å². The molecule has 0 bridgehead atoms. The molecule has 3 heteroatoms. The maximum atomic E-state index is 3.66. The number of piperazine rings is 1. The summed E-state index contributed by atoms with van der Waals surface area (Å²) >= 11 is 3.66. The van der Waals surface area contributed by atoms with E-state index in [0.29, 0.717) is 0 Å². The highest BCUT2D eigenvalue weighted by molar-refractivity contribution is 9.10. The van der Waals surface area contributed by atoms with Gasteiger partial charge in [-0.05, 0) is 47.4 Å². The fourth-order valence-corrected chi connectivity index (χ4v) is 3.62. The molecule has 2 saturated heterocycles. The van der Waals surface area contributed by atoms with Crippen molar-refractivity contribution in [1.29, 1.82) is 0 Å². The van der Waals surface area contributed by atoms with Gasteiger partial charge in [0.05, 0.1) is 5.69 Å². The lowest BCUT2D eigenvalue weighted by Gasteiger charge is -2.45. The zero-order valence-corrected chi connectivity index (χ0v) is 11.7. The minimum Gasteiger partial charge on any atom is -0.368 e. The van der Waals surface area contributed by atoms with Crippen LogP contribution in [0.25, 0.3) is 0 Å². The van der Waals surface area contributed by atoms with Crippen molar-refractivity contribution in [3.05, 3.63) is 28.7 Å². The largest absolute Gasteiger partial charge is 0.368 e. The van der Waals surface area contributed by atoms with Crippen LogP contribution in [0.5, 0.6) is 0 Å². The number of hydrogen-bond donors (Lipinski definition) is 0. The molecule has 1 aromatic carbocycles. The Kier molecular flexibility index (Phi) is 3.39. The smallest absolute Gasteiger partial charge is 0.0511 e. The molecule has 0 radical (unpaired) electrons. The van der Waals surface area contributed by atoms with Crippen LogP contribution in [0.3, 0.4) is 0 Å². The molecule has 0 aromatic heterocycles. The molecule has 1 aromatic rings. The van der Waals surface area contributed by atoms with E-state index in [9.17, 15) is 0 Å². The average Bonchev–Trinajstić information content (AvgIpc) is 2.39. The second-order valence-electron chi connectivity index (χ2n) is 5.08. The van der Waals surface area contributed by atoms with Crippen molar-refractivity contribution in [3.8, 4) is 0 Å². The molecule has 0 aliphatic carbocycles. The van der Waals surface area contributed by atoms with Crippen molar-refractivity contribution >= 4 is 21.6 Å². The predicted molar refractivity (Wildman–Crippen MR) is 75.6 cm³/mol. The van der Waals surface area contributed by atoms with Crippen molar-refractivity contribution in [2.75, 3.05) is 31.1 Å². The maximum absolute atomic E-state index is 3.66. The van der Waals surface area contributed by atoms with E-state index in [-0.39, 0.29) is 0 Å². The third-order valence-corrected chi connectivity index (χ3v) is 4.70. The van der Waals surface area contributed by atoms with Crippen LogP contribution >= 0.6 is 15.9 Å². The SMILES string of the molecule is Brc1ccccc1N1CCN2CCCCC2C1. The Morgan fingerprint density at radius 3 is 2.82 bits per heavy atom. The van der Waals surface area contributed by atoms with Crippen molar-refractivity contribution in [3.63, 3.8) is 0 Å². The number of fused-ring (bicyclic) bond motifs is 1. The summed E-state index contributed by atoms with van der Waals surface area (Å²) in [5, 5.41) is 0. The van der Waals surface area contributed by atoms with Gasteiger partial charge in [0.15, 0.2) is 0 Å². The van der Waals surface area contributed by atoms with E-state index >= 15 is 0 Å². The van der Waals surface area contributed by atoms with Crippen molar-refractivity contribution in [1.82, 2.24) is 4.90 Å². The van der Waals surface area contributed by atoms with Gasteiger partial charge in [-0.1, -0.05) is 18.6 Å². The molecule has 0 saturated carbocycles. The second-order valence-corrected chi connectivity index (χ2v) is 5.94. The fraction of sp³-hybridized carbons (Fsp3) is 0.571. The van der Waals surface area contributed by atoms with E-state index in [1.54, 1.807) is 0 Å². The standard InChI is InChI=1S/C14H19BrN2/c15-13-6-1-2-7-14(13)17-10-9-16-8-4-3-5-12(16)11-17/h1-2,6-7,12H,3-5,8-11H2. The van der Waals surface area contributed by atoms with Crippen LogP contribution in [0.15, 0.2) is 28.7 Å². The zero-order valence-electron chi connectivity index (χ0n) is 10.1. The summed E-state index contributed by atoms with van der Waals surface area (Å²) in [5.41, 5.74) is 1.36. The first-order chi connectivity index (χ1) is 8.34. The Morgan fingerprint density at radius 2 is 1.94 bits per heavy atom. The van der Waals surface area contributed by atoms with Crippen LogP contribution in [-0.4, -0.2) is 37.1 Å². The fourth-order valence-electron chi connectivity index (χ4n) is 3.08. The summed E-state index contributed by atoms with van der Waals surface area (Å²) in [7, 11) is 0. The van der Waals surface area contributed by atoms with E-state index in [4.69, 9.17) is 0 Å². The molecular weight excluding hydrogens is 276 g/mol. The zero-order chi connectivity index (χ0) is 11.7. The number of nitrogens with zero attached hydrogens (tertiary/aromatic N) is 2. The molecule has 1 atom stereocenters. The Labute approximate surface area is 112 Å². The van der Waals surface area contributed by atoms with Crippen molar-refractivity contribution in [2.24, 2.45) is 0 Å². The minimum atomic E-state index is 0.782. The number of benzene rings is 1. The number of para-hydroxylation sites is 1. The Morgan fingerprint density at radius 1 is 1.06 bits per heavy atom. The van der Waals surface area contributed by atoms with Gasteiger partial charge in [-0.3, -0.25) is 4.90 Å². The van der Waals surface area contributed by atoms with E-state index in [2.05, 4.69) is 50.0 Å². The Hall–Kier alpha value is -0.540. The number of rotatable bonds is 1. The third-order valence-electron chi connectivity index (χ3n) is 4.03. The molecule has 17 heavy (non-hydrogen) atoms. The molecule has 2 heterocycles. The summed E-state index contributed by atoms with van der Waals surface area (Å²) in [6.45, 7) is 4.90. The summed E-state index contributed by atoms with van der Waals surface area (Å²) in [5.74, 6) is 0. The maximum Gasteiger partial charge on any atom is 0.0511 e. The number of halogens is 1. The molecular formula is C14H19BrN2. The van der Waals surface area contributed by atoms with Gasteiger partial charge >= 0.3 is 0 Å². The minimum absolute atomic E-state index is 0.782. The second kappa shape index (κ2) is 4.99. The number of piperidine rings is 1. The molecule has 2 aliphatic heterocycles. The first kappa shape index (κ1) is 11.5. The molecule has 2 fully saturated rings. The number of anilines is 1. The first-order valence-corrected chi connectivity index (χ1v) is 7.37. The van der Waals surface area contributed by atoms with Gasteiger partial charge in [0.1, 0.15) is 0 Å². The molecule has 1 unspecified atom stereocenters. The lowest BCUT2D eigenvalue weighted by molar-refractivity contribution is 0.133. The summed E-state index contributed by atoms with van der Waals surface area (Å²) in [6.07, 6.45) is 4.18.